The van der Waals surface area contributed by atoms with E-state index in [-0.39, 0.29) is 17.2 Å². The lowest BCUT2D eigenvalue weighted by Crippen LogP contribution is -2.62. The first kappa shape index (κ1) is 16.1. The van der Waals surface area contributed by atoms with Gasteiger partial charge in [0, 0.05) is 16.9 Å². The van der Waals surface area contributed by atoms with Crippen LogP contribution in [0.5, 0.6) is 0 Å². The molecule has 0 radical (unpaired) electrons. The minimum atomic E-state index is -0.834. The third-order valence-corrected chi connectivity index (χ3v) is 5.28. The van der Waals surface area contributed by atoms with E-state index >= 15 is 0 Å². The van der Waals surface area contributed by atoms with E-state index in [0.29, 0.717) is 18.0 Å². The largest absolute Gasteiger partial charge is 0.464 e. The topological polar surface area (TPSA) is 38.3 Å². The van der Waals surface area contributed by atoms with Gasteiger partial charge in [-0.25, -0.2) is 9.18 Å². The average Bonchev–Trinajstić information content (AvgIpc) is 2.41. The summed E-state index contributed by atoms with van der Waals surface area (Å²) in [6.45, 7) is 6.27. The molecular weight excluding hydrogens is 289 g/mol. The Kier molecular flexibility index (Phi) is 4.81. The number of hydrogen-bond acceptors (Lipinski definition) is 4. The molecule has 2 rings (SSSR count). The highest BCUT2D eigenvalue weighted by Gasteiger charge is 2.54. The molecule has 116 valence electrons. The van der Waals surface area contributed by atoms with Gasteiger partial charge in [0.15, 0.2) is 0 Å². The van der Waals surface area contributed by atoms with Crippen molar-refractivity contribution in [3.63, 3.8) is 0 Å². The van der Waals surface area contributed by atoms with E-state index in [1.165, 1.54) is 12.1 Å². The molecule has 1 unspecified atom stereocenters. The molecule has 1 aliphatic heterocycles. The fraction of sp³-hybridized carbons (Fsp3) is 0.562. The third kappa shape index (κ3) is 3.18. The minimum Gasteiger partial charge on any atom is -0.464 e. The monoisotopic (exact) mass is 311 g/mol. The average molecular weight is 311 g/mol. The molecule has 0 aliphatic carbocycles. The van der Waals surface area contributed by atoms with Crippen LogP contribution >= 0.6 is 11.8 Å². The van der Waals surface area contributed by atoms with Crippen LogP contribution in [0.4, 0.5) is 10.1 Å². The Morgan fingerprint density at radius 3 is 2.86 bits per heavy atom. The van der Waals surface area contributed by atoms with Gasteiger partial charge in [-0.15, -0.1) is 0 Å². The van der Waals surface area contributed by atoms with E-state index in [1.54, 1.807) is 30.8 Å². The maximum absolute atomic E-state index is 13.4. The zero-order chi connectivity index (χ0) is 15.5. The molecule has 1 aliphatic rings. The number of ether oxygens (including phenoxy) is 1. The highest BCUT2D eigenvalue weighted by molar-refractivity contribution is 7.99. The van der Waals surface area contributed by atoms with Crippen LogP contribution in [0.2, 0.25) is 0 Å². The summed E-state index contributed by atoms with van der Waals surface area (Å²) in [5.41, 5.74) is -0.491. The second-order valence-electron chi connectivity index (χ2n) is 5.95. The zero-order valence-electron chi connectivity index (χ0n) is 12.7. The second kappa shape index (κ2) is 6.26. The van der Waals surface area contributed by atoms with Gasteiger partial charge in [-0.3, -0.25) is 0 Å². The summed E-state index contributed by atoms with van der Waals surface area (Å²) < 4.78 is 18.7. The number of carbonyl (C=O) groups excluding carboxylic acids is 1. The Balaban J connectivity index is 2.38. The van der Waals surface area contributed by atoms with Gasteiger partial charge in [0.1, 0.15) is 11.4 Å². The van der Waals surface area contributed by atoms with Crippen molar-refractivity contribution in [2.75, 3.05) is 23.4 Å². The van der Waals surface area contributed by atoms with Gasteiger partial charge in [-0.2, -0.15) is 11.8 Å². The van der Waals surface area contributed by atoms with Crippen molar-refractivity contribution in [3.05, 3.63) is 30.1 Å². The number of halogens is 1. The fourth-order valence-electron chi connectivity index (χ4n) is 2.62. The number of rotatable bonds is 4. The predicted molar refractivity (Wildman–Crippen MR) is 85.1 cm³/mol. The molecular formula is C16H22FNO2S. The summed E-state index contributed by atoms with van der Waals surface area (Å²) in [6, 6.07) is 6.22. The fourth-order valence-corrected chi connectivity index (χ4v) is 4.31. The van der Waals surface area contributed by atoms with E-state index in [2.05, 4.69) is 19.2 Å². The highest BCUT2D eigenvalue weighted by atomic mass is 32.2. The number of esters is 1. The number of hydrogen-bond donors (Lipinski definition) is 1. The molecule has 0 spiro atoms. The van der Waals surface area contributed by atoms with Crippen LogP contribution in [0.15, 0.2) is 24.3 Å². The maximum Gasteiger partial charge on any atom is 0.333 e. The maximum atomic E-state index is 13.4. The second-order valence-corrected chi connectivity index (χ2v) is 7.05. The smallest absolute Gasteiger partial charge is 0.333 e. The molecule has 21 heavy (non-hydrogen) atoms. The molecule has 0 aromatic heterocycles. The van der Waals surface area contributed by atoms with E-state index < -0.39 is 5.54 Å². The summed E-state index contributed by atoms with van der Waals surface area (Å²) >= 11 is 1.72. The molecule has 3 nitrogen and oxygen atoms in total. The van der Waals surface area contributed by atoms with Crippen molar-refractivity contribution in [1.29, 1.82) is 0 Å². The number of anilines is 1. The van der Waals surface area contributed by atoms with Gasteiger partial charge in [0.25, 0.3) is 0 Å². The zero-order valence-corrected chi connectivity index (χ0v) is 13.6. The molecule has 0 bridgehead atoms. The van der Waals surface area contributed by atoms with Crippen molar-refractivity contribution in [3.8, 4) is 0 Å². The quantitative estimate of drug-likeness (QED) is 0.861. The molecule has 1 atom stereocenters. The predicted octanol–water partition coefficient (Wildman–Crippen LogP) is 3.70. The summed E-state index contributed by atoms with van der Waals surface area (Å²) in [5.74, 6) is 1.06. The number of thioether (sulfide) groups is 1. The molecule has 0 saturated carbocycles. The van der Waals surface area contributed by atoms with Crippen LogP contribution in [-0.4, -0.2) is 29.6 Å². The number of benzene rings is 1. The molecule has 1 saturated heterocycles. The first-order valence-corrected chi connectivity index (χ1v) is 8.35. The van der Waals surface area contributed by atoms with Crippen LogP contribution in [-0.2, 0) is 9.53 Å². The van der Waals surface area contributed by atoms with Crippen LogP contribution in [0.25, 0.3) is 0 Å². The van der Waals surface area contributed by atoms with Crippen LogP contribution in [0.1, 0.15) is 27.2 Å². The lowest BCUT2D eigenvalue weighted by Gasteiger charge is -2.48. The molecule has 1 N–H and O–H groups in total. The first-order chi connectivity index (χ1) is 9.91. The molecule has 0 amide bonds. The molecule has 1 aromatic rings. The lowest BCUT2D eigenvalue weighted by atomic mass is 9.70. The SMILES string of the molecule is CCOC(=O)C1(Nc2cccc(F)c2)CSCCC1(C)C. The summed E-state index contributed by atoms with van der Waals surface area (Å²) in [4.78, 5) is 12.6. The van der Waals surface area contributed by atoms with E-state index in [4.69, 9.17) is 4.74 Å². The van der Waals surface area contributed by atoms with E-state index in [9.17, 15) is 9.18 Å². The third-order valence-electron chi connectivity index (χ3n) is 4.15. The van der Waals surface area contributed by atoms with Crippen molar-refractivity contribution in [2.45, 2.75) is 32.7 Å². The Bertz CT molecular complexity index is 521. The number of nitrogens with one attached hydrogen (secondary N) is 1. The normalized spacial score (nSPS) is 24.4. The highest BCUT2D eigenvalue weighted by Crippen LogP contribution is 2.45. The molecule has 5 heteroatoms. The molecule has 1 heterocycles. The van der Waals surface area contributed by atoms with Gasteiger partial charge in [0.2, 0.25) is 0 Å². The van der Waals surface area contributed by atoms with E-state index in [1.807, 2.05) is 0 Å². The minimum absolute atomic E-state index is 0.258. The van der Waals surface area contributed by atoms with Crippen LogP contribution in [0, 0.1) is 11.2 Å². The van der Waals surface area contributed by atoms with Crippen LogP contribution < -0.4 is 5.32 Å². The van der Waals surface area contributed by atoms with Gasteiger partial charge in [-0.1, -0.05) is 19.9 Å². The van der Waals surface area contributed by atoms with Gasteiger partial charge >= 0.3 is 5.97 Å². The van der Waals surface area contributed by atoms with Crippen molar-refractivity contribution < 1.29 is 13.9 Å². The summed E-state index contributed by atoms with van der Waals surface area (Å²) in [5, 5.41) is 3.27. The van der Waals surface area contributed by atoms with Gasteiger partial charge < -0.3 is 10.1 Å². The van der Waals surface area contributed by atoms with Gasteiger partial charge in [0.05, 0.1) is 6.61 Å². The standard InChI is InChI=1S/C16H22FNO2S/c1-4-20-14(19)16(11-21-9-8-15(16,2)3)18-13-7-5-6-12(17)10-13/h5-7,10,18H,4,8-9,11H2,1-3H3. The van der Waals surface area contributed by atoms with Crippen molar-refractivity contribution >= 4 is 23.4 Å². The summed E-state index contributed by atoms with van der Waals surface area (Å²) in [7, 11) is 0. The molecule has 1 fully saturated rings. The first-order valence-electron chi connectivity index (χ1n) is 7.20. The Labute approximate surface area is 129 Å². The van der Waals surface area contributed by atoms with Gasteiger partial charge in [-0.05, 0) is 37.3 Å². The number of carbonyl (C=O) groups is 1. The van der Waals surface area contributed by atoms with E-state index in [0.717, 1.165) is 12.2 Å². The molecule has 1 aromatic carbocycles. The van der Waals surface area contributed by atoms with Crippen LogP contribution in [0.3, 0.4) is 0 Å². The van der Waals surface area contributed by atoms with Crippen molar-refractivity contribution in [2.24, 2.45) is 5.41 Å². The lowest BCUT2D eigenvalue weighted by molar-refractivity contribution is -0.152. The Hall–Kier alpha value is -1.23. The van der Waals surface area contributed by atoms with Crippen molar-refractivity contribution in [1.82, 2.24) is 0 Å². The Morgan fingerprint density at radius 2 is 2.24 bits per heavy atom. The summed E-state index contributed by atoms with van der Waals surface area (Å²) in [6.07, 6.45) is 0.902. The Morgan fingerprint density at radius 1 is 1.48 bits per heavy atom.